The lowest BCUT2D eigenvalue weighted by atomic mass is 9.82. The summed E-state index contributed by atoms with van der Waals surface area (Å²) in [6.07, 6.45) is 0. The quantitative estimate of drug-likeness (QED) is 0.824. The minimum atomic E-state index is -3.57. The van der Waals surface area contributed by atoms with Gasteiger partial charge in [-0.3, -0.25) is 0 Å². The van der Waals surface area contributed by atoms with Crippen LogP contribution in [0.1, 0.15) is 25.5 Å². The smallest absolute Gasteiger partial charge is 0.279 e. The fourth-order valence-electron chi connectivity index (χ4n) is 1.67. The second kappa shape index (κ2) is 6.00. The zero-order valence-corrected chi connectivity index (χ0v) is 12.6. The molecule has 1 atom stereocenters. The van der Waals surface area contributed by atoms with Crippen molar-refractivity contribution < 1.29 is 13.5 Å². The zero-order chi connectivity index (χ0) is 14.7. The van der Waals surface area contributed by atoms with E-state index in [1.165, 1.54) is 14.1 Å². The summed E-state index contributed by atoms with van der Waals surface area (Å²) >= 11 is 0. The molecule has 0 fully saturated rings. The van der Waals surface area contributed by atoms with Gasteiger partial charge >= 0.3 is 0 Å². The van der Waals surface area contributed by atoms with Crippen LogP contribution in [0.3, 0.4) is 0 Å². The van der Waals surface area contributed by atoms with Crippen LogP contribution in [0.15, 0.2) is 30.3 Å². The van der Waals surface area contributed by atoms with Gasteiger partial charge in [-0.05, 0) is 5.56 Å². The predicted octanol–water partition coefficient (Wildman–Crippen LogP) is 1.14. The Hall–Kier alpha value is -0.950. The molecule has 2 N–H and O–H groups in total. The van der Waals surface area contributed by atoms with Crippen LogP contribution in [0.25, 0.3) is 0 Å². The molecule has 0 aromatic heterocycles. The Morgan fingerprint density at radius 1 is 1.26 bits per heavy atom. The Bertz CT molecular complexity index is 498. The summed E-state index contributed by atoms with van der Waals surface area (Å²) in [5.74, 6) is 0. The van der Waals surface area contributed by atoms with Crippen molar-refractivity contribution in [1.29, 1.82) is 0 Å². The molecular formula is C13H22N2O3S. The van der Waals surface area contributed by atoms with Gasteiger partial charge in [-0.15, -0.1) is 0 Å². The number of nitrogens with zero attached hydrogens (tertiary/aromatic N) is 1. The summed E-state index contributed by atoms with van der Waals surface area (Å²) in [4.78, 5) is 0. The minimum absolute atomic E-state index is 0.123. The third-order valence-corrected chi connectivity index (χ3v) is 4.56. The molecule has 0 aliphatic rings. The first-order chi connectivity index (χ1) is 8.70. The Morgan fingerprint density at radius 3 is 2.21 bits per heavy atom. The van der Waals surface area contributed by atoms with Crippen molar-refractivity contribution in [3.8, 4) is 0 Å². The van der Waals surface area contributed by atoms with E-state index in [1.807, 2.05) is 44.2 Å². The van der Waals surface area contributed by atoms with Crippen molar-refractivity contribution in [2.45, 2.75) is 19.9 Å². The molecule has 0 heterocycles. The van der Waals surface area contributed by atoms with Crippen molar-refractivity contribution in [3.63, 3.8) is 0 Å². The first-order valence-corrected chi connectivity index (χ1v) is 7.50. The fourth-order valence-corrected chi connectivity index (χ4v) is 2.63. The Kier molecular flexibility index (Phi) is 5.09. The first kappa shape index (κ1) is 16.1. The van der Waals surface area contributed by atoms with Crippen LogP contribution in [-0.2, 0) is 10.2 Å². The van der Waals surface area contributed by atoms with Gasteiger partial charge in [0.1, 0.15) is 0 Å². The predicted molar refractivity (Wildman–Crippen MR) is 75.8 cm³/mol. The van der Waals surface area contributed by atoms with E-state index in [4.69, 9.17) is 0 Å². The maximum absolute atomic E-state index is 12.0. The number of aliphatic hydroxyl groups excluding tert-OH is 1. The maximum atomic E-state index is 12.0. The monoisotopic (exact) mass is 286 g/mol. The normalized spacial score (nSPS) is 14.6. The van der Waals surface area contributed by atoms with Crippen molar-refractivity contribution in [3.05, 3.63) is 35.9 Å². The van der Waals surface area contributed by atoms with Gasteiger partial charge < -0.3 is 5.11 Å². The highest BCUT2D eigenvalue weighted by Crippen LogP contribution is 2.33. The molecule has 1 aromatic carbocycles. The molecule has 0 bridgehead atoms. The standard InChI is InChI=1S/C13H22N2O3S/c1-13(2,10-16)12(11-8-6-5-7-9-11)14-19(17,18)15(3)4/h5-9,12,14,16H,10H2,1-4H3. The van der Waals surface area contributed by atoms with Gasteiger partial charge in [0.2, 0.25) is 0 Å². The van der Waals surface area contributed by atoms with E-state index in [0.29, 0.717) is 0 Å². The Labute approximate surface area is 115 Å². The third-order valence-electron chi connectivity index (χ3n) is 3.07. The molecule has 0 saturated carbocycles. The van der Waals surface area contributed by atoms with Crippen LogP contribution in [0.2, 0.25) is 0 Å². The van der Waals surface area contributed by atoms with Crippen molar-refractivity contribution >= 4 is 10.2 Å². The van der Waals surface area contributed by atoms with E-state index in [1.54, 1.807) is 0 Å². The van der Waals surface area contributed by atoms with Gasteiger partial charge in [0.05, 0.1) is 12.6 Å². The van der Waals surface area contributed by atoms with E-state index in [2.05, 4.69) is 4.72 Å². The lowest BCUT2D eigenvalue weighted by Gasteiger charge is -2.34. The minimum Gasteiger partial charge on any atom is -0.396 e. The molecule has 0 aliphatic carbocycles. The van der Waals surface area contributed by atoms with Crippen LogP contribution in [0.4, 0.5) is 0 Å². The highest BCUT2D eigenvalue weighted by atomic mass is 32.2. The maximum Gasteiger partial charge on any atom is 0.279 e. The van der Waals surface area contributed by atoms with Gasteiger partial charge in [-0.2, -0.15) is 17.4 Å². The Balaban J connectivity index is 3.16. The molecule has 0 spiro atoms. The van der Waals surface area contributed by atoms with Gasteiger partial charge in [0.25, 0.3) is 10.2 Å². The third kappa shape index (κ3) is 4.01. The number of nitrogens with one attached hydrogen (secondary N) is 1. The highest BCUT2D eigenvalue weighted by Gasteiger charge is 2.34. The summed E-state index contributed by atoms with van der Waals surface area (Å²) in [5.41, 5.74) is 0.219. The fraction of sp³-hybridized carbons (Fsp3) is 0.538. The second-order valence-electron chi connectivity index (χ2n) is 5.40. The highest BCUT2D eigenvalue weighted by molar-refractivity contribution is 7.87. The summed E-state index contributed by atoms with van der Waals surface area (Å²) in [5, 5.41) is 9.51. The van der Waals surface area contributed by atoms with E-state index in [-0.39, 0.29) is 6.61 Å². The zero-order valence-electron chi connectivity index (χ0n) is 11.8. The first-order valence-electron chi connectivity index (χ1n) is 6.06. The molecule has 6 heteroatoms. The molecule has 5 nitrogen and oxygen atoms in total. The molecule has 0 amide bonds. The topological polar surface area (TPSA) is 69.6 Å². The molecular weight excluding hydrogens is 264 g/mol. The van der Waals surface area contributed by atoms with Gasteiger partial charge in [0.15, 0.2) is 0 Å². The molecule has 0 aliphatic heterocycles. The number of benzene rings is 1. The molecule has 108 valence electrons. The molecule has 0 radical (unpaired) electrons. The second-order valence-corrected chi connectivity index (χ2v) is 7.31. The average molecular weight is 286 g/mol. The van der Waals surface area contributed by atoms with Crippen LogP contribution >= 0.6 is 0 Å². The summed E-state index contributed by atoms with van der Waals surface area (Å²) in [6, 6.07) is 8.76. The lowest BCUT2D eigenvalue weighted by molar-refractivity contribution is 0.125. The SMILES string of the molecule is CN(C)S(=O)(=O)NC(c1ccccc1)C(C)(C)CO. The number of aliphatic hydroxyl groups is 1. The van der Waals surface area contributed by atoms with Crippen molar-refractivity contribution in [2.24, 2.45) is 5.41 Å². The van der Waals surface area contributed by atoms with E-state index in [0.717, 1.165) is 9.87 Å². The molecule has 1 rings (SSSR count). The molecule has 19 heavy (non-hydrogen) atoms. The summed E-state index contributed by atoms with van der Waals surface area (Å²) < 4.78 is 27.8. The van der Waals surface area contributed by atoms with Crippen LogP contribution in [0, 0.1) is 5.41 Å². The summed E-state index contributed by atoms with van der Waals surface area (Å²) in [6.45, 7) is 3.52. The lowest BCUT2D eigenvalue weighted by Crippen LogP contribution is -2.44. The molecule has 1 unspecified atom stereocenters. The van der Waals surface area contributed by atoms with Crippen molar-refractivity contribution in [1.82, 2.24) is 9.03 Å². The number of hydrogen-bond acceptors (Lipinski definition) is 3. The van der Waals surface area contributed by atoms with Crippen LogP contribution < -0.4 is 4.72 Å². The summed E-state index contributed by atoms with van der Waals surface area (Å²) in [7, 11) is -0.629. The van der Waals surface area contributed by atoms with Crippen LogP contribution in [0.5, 0.6) is 0 Å². The molecule has 0 saturated heterocycles. The van der Waals surface area contributed by atoms with E-state index in [9.17, 15) is 13.5 Å². The van der Waals surface area contributed by atoms with Crippen molar-refractivity contribution in [2.75, 3.05) is 20.7 Å². The Morgan fingerprint density at radius 2 is 1.79 bits per heavy atom. The van der Waals surface area contributed by atoms with E-state index < -0.39 is 21.7 Å². The van der Waals surface area contributed by atoms with Gasteiger partial charge in [-0.25, -0.2) is 0 Å². The van der Waals surface area contributed by atoms with E-state index >= 15 is 0 Å². The van der Waals surface area contributed by atoms with Gasteiger partial charge in [-0.1, -0.05) is 44.2 Å². The van der Waals surface area contributed by atoms with Gasteiger partial charge in [0, 0.05) is 19.5 Å². The largest absolute Gasteiger partial charge is 0.396 e. The van der Waals surface area contributed by atoms with Crippen LogP contribution in [-0.4, -0.2) is 38.5 Å². The number of hydrogen-bond donors (Lipinski definition) is 2. The average Bonchev–Trinajstić information content (AvgIpc) is 2.36. The number of rotatable bonds is 6. The molecule has 1 aromatic rings.